The lowest BCUT2D eigenvalue weighted by Crippen LogP contribution is -2.48. The van der Waals surface area contributed by atoms with Crippen LogP contribution in [0.1, 0.15) is 11.1 Å². The number of rotatable bonds is 6. The summed E-state index contributed by atoms with van der Waals surface area (Å²) in [5, 5.41) is 9.02. The van der Waals surface area contributed by atoms with E-state index in [1.165, 1.54) is 24.6 Å². The van der Waals surface area contributed by atoms with Crippen LogP contribution in [-0.4, -0.2) is 58.0 Å². The molecular formula is C20H23N3O4S. The fraction of sp³-hybridized carbons (Fsp3) is 0.350. The van der Waals surface area contributed by atoms with Gasteiger partial charge in [-0.15, -0.1) is 0 Å². The number of nitrogens with zero attached hydrogens (tertiary/aromatic N) is 3. The Bertz CT molecular complexity index is 977. The van der Waals surface area contributed by atoms with E-state index >= 15 is 0 Å². The van der Waals surface area contributed by atoms with E-state index in [9.17, 15) is 8.42 Å². The van der Waals surface area contributed by atoms with E-state index in [0.717, 1.165) is 5.56 Å². The van der Waals surface area contributed by atoms with Crippen LogP contribution in [0.25, 0.3) is 0 Å². The first-order chi connectivity index (χ1) is 13.5. The minimum absolute atomic E-state index is 0.115. The van der Waals surface area contributed by atoms with Crippen molar-refractivity contribution >= 4 is 10.0 Å². The molecular weight excluding hydrogens is 378 g/mol. The van der Waals surface area contributed by atoms with Crippen molar-refractivity contribution in [1.29, 1.82) is 5.26 Å². The molecule has 0 bridgehead atoms. The van der Waals surface area contributed by atoms with Crippen molar-refractivity contribution in [3.05, 3.63) is 53.6 Å². The molecule has 1 fully saturated rings. The van der Waals surface area contributed by atoms with Crippen molar-refractivity contribution in [2.45, 2.75) is 11.4 Å². The third kappa shape index (κ3) is 4.28. The van der Waals surface area contributed by atoms with E-state index in [2.05, 4.69) is 11.0 Å². The smallest absolute Gasteiger partial charge is 0.246 e. The molecule has 0 aliphatic carbocycles. The van der Waals surface area contributed by atoms with Crippen LogP contribution in [0.4, 0.5) is 0 Å². The first-order valence-corrected chi connectivity index (χ1v) is 10.4. The summed E-state index contributed by atoms with van der Waals surface area (Å²) in [6.07, 6.45) is 0. The van der Waals surface area contributed by atoms with E-state index in [1.807, 2.05) is 18.2 Å². The van der Waals surface area contributed by atoms with Gasteiger partial charge in [-0.05, 0) is 29.8 Å². The number of piperazine rings is 1. The van der Waals surface area contributed by atoms with Gasteiger partial charge in [0, 0.05) is 38.8 Å². The molecule has 1 saturated heterocycles. The summed E-state index contributed by atoms with van der Waals surface area (Å²) in [5.41, 5.74) is 1.67. The number of benzene rings is 2. The van der Waals surface area contributed by atoms with Gasteiger partial charge < -0.3 is 9.47 Å². The van der Waals surface area contributed by atoms with Crippen molar-refractivity contribution in [1.82, 2.24) is 9.21 Å². The van der Waals surface area contributed by atoms with Crippen LogP contribution in [0.15, 0.2) is 47.4 Å². The van der Waals surface area contributed by atoms with Crippen LogP contribution < -0.4 is 9.47 Å². The molecule has 1 heterocycles. The molecule has 1 aliphatic rings. The first-order valence-electron chi connectivity index (χ1n) is 8.91. The number of methoxy groups -OCH3 is 2. The minimum Gasteiger partial charge on any atom is -0.497 e. The van der Waals surface area contributed by atoms with Crippen molar-refractivity contribution < 1.29 is 17.9 Å². The summed E-state index contributed by atoms with van der Waals surface area (Å²) < 4.78 is 38.1. The van der Waals surface area contributed by atoms with Crippen molar-refractivity contribution in [2.24, 2.45) is 0 Å². The highest BCUT2D eigenvalue weighted by molar-refractivity contribution is 7.89. The van der Waals surface area contributed by atoms with Crippen LogP contribution in [0.5, 0.6) is 11.5 Å². The van der Waals surface area contributed by atoms with Crippen molar-refractivity contribution in [2.75, 3.05) is 40.4 Å². The van der Waals surface area contributed by atoms with Crippen LogP contribution in [-0.2, 0) is 16.6 Å². The third-order valence-electron chi connectivity index (χ3n) is 4.78. The number of hydrogen-bond acceptors (Lipinski definition) is 6. The molecule has 28 heavy (non-hydrogen) atoms. The number of nitriles is 1. The normalized spacial score (nSPS) is 15.8. The minimum atomic E-state index is -3.69. The van der Waals surface area contributed by atoms with Crippen LogP contribution in [0.2, 0.25) is 0 Å². The largest absolute Gasteiger partial charge is 0.497 e. The molecule has 1 aliphatic heterocycles. The summed E-state index contributed by atoms with van der Waals surface area (Å²) in [6.45, 7) is 2.69. The third-order valence-corrected chi connectivity index (χ3v) is 6.70. The highest BCUT2D eigenvalue weighted by Gasteiger charge is 2.31. The predicted octanol–water partition coefficient (Wildman–Crippen LogP) is 2.08. The summed E-state index contributed by atoms with van der Waals surface area (Å²) >= 11 is 0. The maximum atomic E-state index is 13.1. The molecule has 7 nitrogen and oxygen atoms in total. The first kappa shape index (κ1) is 20.1. The van der Waals surface area contributed by atoms with Gasteiger partial charge in [0.25, 0.3) is 0 Å². The number of ether oxygens (including phenoxy) is 2. The Morgan fingerprint density at radius 3 is 2.43 bits per heavy atom. The summed E-state index contributed by atoms with van der Waals surface area (Å²) in [5.74, 6) is 0.770. The lowest BCUT2D eigenvalue weighted by molar-refractivity contribution is 0.181. The Morgan fingerprint density at radius 2 is 1.79 bits per heavy atom. The average molecular weight is 401 g/mol. The molecule has 0 saturated carbocycles. The second-order valence-corrected chi connectivity index (χ2v) is 8.42. The quantitative estimate of drug-likeness (QED) is 0.737. The van der Waals surface area contributed by atoms with Gasteiger partial charge in [-0.2, -0.15) is 9.57 Å². The maximum Gasteiger partial charge on any atom is 0.246 e. The molecule has 0 N–H and O–H groups in total. The fourth-order valence-electron chi connectivity index (χ4n) is 3.25. The maximum absolute atomic E-state index is 13.1. The van der Waals surface area contributed by atoms with E-state index in [4.69, 9.17) is 14.7 Å². The molecule has 2 aromatic carbocycles. The predicted molar refractivity (Wildman–Crippen MR) is 105 cm³/mol. The Kier molecular flexibility index (Phi) is 6.19. The summed E-state index contributed by atoms with van der Waals surface area (Å²) in [7, 11) is -0.735. The van der Waals surface area contributed by atoms with Crippen LogP contribution in [0, 0.1) is 11.3 Å². The van der Waals surface area contributed by atoms with Gasteiger partial charge in [-0.25, -0.2) is 8.42 Å². The SMILES string of the molecule is COc1ccc(OC)c(S(=O)(=O)N2CCN(Cc3cccc(C#N)c3)CC2)c1. The highest BCUT2D eigenvalue weighted by atomic mass is 32.2. The van der Waals surface area contributed by atoms with Crippen molar-refractivity contribution in [3.8, 4) is 17.6 Å². The molecule has 3 rings (SSSR count). The number of sulfonamides is 1. The van der Waals surface area contributed by atoms with E-state index in [1.54, 1.807) is 18.2 Å². The topological polar surface area (TPSA) is 82.9 Å². The molecule has 0 unspecified atom stereocenters. The van der Waals surface area contributed by atoms with Gasteiger partial charge in [0.2, 0.25) is 10.0 Å². The zero-order chi connectivity index (χ0) is 20.1. The summed E-state index contributed by atoms with van der Waals surface area (Å²) in [6, 6.07) is 14.4. The van der Waals surface area contributed by atoms with Gasteiger partial charge in [0.15, 0.2) is 0 Å². The van der Waals surface area contributed by atoms with Gasteiger partial charge in [0.05, 0.1) is 25.9 Å². The Hall–Kier alpha value is -2.60. The molecule has 0 spiro atoms. The van der Waals surface area contributed by atoms with Gasteiger partial charge in [0.1, 0.15) is 16.4 Å². The van der Waals surface area contributed by atoms with E-state index in [0.29, 0.717) is 49.8 Å². The number of hydrogen-bond donors (Lipinski definition) is 0. The van der Waals surface area contributed by atoms with Gasteiger partial charge >= 0.3 is 0 Å². The van der Waals surface area contributed by atoms with E-state index in [-0.39, 0.29) is 4.90 Å². The Labute approximate surface area is 165 Å². The fourth-order valence-corrected chi connectivity index (χ4v) is 4.84. The Morgan fingerprint density at radius 1 is 1.04 bits per heavy atom. The molecule has 0 amide bonds. The second kappa shape index (κ2) is 8.61. The van der Waals surface area contributed by atoms with Crippen molar-refractivity contribution in [3.63, 3.8) is 0 Å². The van der Waals surface area contributed by atoms with Gasteiger partial charge in [-0.3, -0.25) is 4.90 Å². The second-order valence-electron chi connectivity index (χ2n) is 6.51. The lowest BCUT2D eigenvalue weighted by atomic mass is 10.1. The van der Waals surface area contributed by atoms with Gasteiger partial charge in [-0.1, -0.05) is 12.1 Å². The average Bonchev–Trinajstić information content (AvgIpc) is 2.73. The lowest BCUT2D eigenvalue weighted by Gasteiger charge is -2.34. The summed E-state index contributed by atoms with van der Waals surface area (Å²) in [4.78, 5) is 2.30. The monoisotopic (exact) mass is 401 g/mol. The van der Waals surface area contributed by atoms with Crippen LogP contribution >= 0.6 is 0 Å². The molecule has 0 radical (unpaired) electrons. The van der Waals surface area contributed by atoms with Crippen LogP contribution in [0.3, 0.4) is 0 Å². The highest BCUT2D eigenvalue weighted by Crippen LogP contribution is 2.31. The van der Waals surface area contributed by atoms with E-state index < -0.39 is 10.0 Å². The molecule has 8 heteroatoms. The standard InChI is InChI=1S/C20H23N3O4S/c1-26-18-6-7-19(27-2)20(13-18)28(24,25)23-10-8-22(9-11-23)15-17-5-3-4-16(12-17)14-21/h3-7,12-13H,8-11,15H2,1-2H3. The zero-order valence-corrected chi connectivity index (χ0v) is 16.8. The molecule has 2 aromatic rings. The zero-order valence-electron chi connectivity index (χ0n) is 16.0. The molecule has 0 aromatic heterocycles. The molecule has 148 valence electrons. The molecule has 0 atom stereocenters. The Balaban J connectivity index is 1.71.